The maximum Gasteiger partial charge on any atom is 0.490 e. The number of carboxylic acid groups (broad SMARTS) is 1. The van der Waals surface area contributed by atoms with E-state index in [1.165, 1.54) is 30.3 Å². The number of hydrogen-bond acceptors (Lipinski definition) is 3. The van der Waals surface area contributed by atoms with Crippen molar-refractivity contribution < 1.29 is 41.0 Å². The number of carboxylic acids is 1. The first kappa shape index (κ1) is 28.2. The summed E-state index contributed by atoms with van der Waals surface area (Å²) in [5, 5.41) is 10.4. The average molecular weight is 504 g/mol. The Bertz CT molecular complexity index is 1080. The first-order valence-corrected chi connectivity index (χ1v) is 10.7. The minimum absolute atomic E-state index is 0.192. The molecule has 0 aromatic heterocycles. The molecule has 1 amide bonds. The van der Waals surface area contributed by atoms with Gasteiger partial charge < -0.3 is 16.2 Å². The van der Waals surface area contributed by atoms with Crippen molar-refractivity contribution in [3.63, 3.8) is 0 Å². The van der Waals surface area contributed by atoms with E-state index >= 15 is 0 Å². The zero-order valence-corrected chi connectivity index (χ0v) is 19.1. The molecule has 0 aliphatic heterocycles. The van der Waals surface area contributed by atoms with Gasteiger partial charge in [-0.25, -0.2) is 18.0 Å². The van der Waals surface area contributed by atoms with Crippen molar-refractivity contribution in [3.8, 4) is 11.1 Å². The van der Waals surface area contributed by atoms with Crippen molar-refractivity contribution >= 4 is 11.9 Å². The summed E-state index contributed by atoms with van der Waals surface area (Å²) in [6.07, 6.45) is -0.896. The van der Waals surface area contributed by atoms with Gasteiger partial charge in [0.2, 0.25) is 0 Å². The summed E-state index contributed by atoms with van der Waals surface area (Å²) >= 11 is 0. The van der Waals surface area contributed by atoms with Gasteiger partial charge in [-0.1, -0.05) is 38.1 Å². The molecule has 0 spiro atoms. The number of rotatable bonds is 5. The molecule has 0 atom stereocenters. The van der Waals surface area contributed by atoms with Crippen LogP contribution in [0.1, 0.15) is 55.5 Å². The highest BCUT2D eigenvalue weighted by Gasteiger charge is 2.38. The van der Waals surface area contributed by atoms with Gasteiger partial charge in [0.1, 0.15) is 5.82 Å². The molecule has 1 fully saturated rings. The van der Waals surface area contributed by atoms with Gasteiger partial charge in [0.15, 0.2) is 11.6 Å². The topological polar surface area (TPSA) is 92.4 Å². The van der Waals surface area contributed by atoms with Crippen LogP contribution in [0, 0.1) is 22.9 Å². The quantitative estimate of drug-likeness (QED) is 0.465. The van der Waals surface area contributed by atoms with Crippen molar-refractivity contribution in [2.45, 2.75) is 58.3 Å². The highest BCUT2D eigenvalue weighted by Crippen LogP contribution is 2.35. The van der Waals surface area contributed by atoms with Gasteiger partial charge in [-0.3, -0.25) is 4.79 Å². The number of nitrogens with two attached hydrogens (primary N) is 1. The van der Waals surface area contributed by atoms with E-state index in [4.69, 9.17) is 15.6 Å². The smallest absolute Gasteiger partial charge is 0.475 e. The molecule has 3 rings (SSSR count). The van der Waals surface area contributed by atoms with Crippen LogP contribution in [0.3, 0.4) is 0 Å². The first-order chi connectivity index (χ1) is 16.1. The summed E-state index contributed by atoms with van der Waals surface area (Å²) in [4.78, 5) is 20.2. The van der Waals surface area contributed by atoms with E-state index in [1.807, 2.05) is 0 Å². The Morgan fingerprint density at radius 2 is 1.54 bits per heavy atom. The van der Waals surface area contributed by atoms with E-state index in [1.54, 1.807) is 0 Å². The number of aliphatic carboxylic acids is 1. The normalized spacial score (nSPS) is 15.8. The van der Waals surface area contributed by atoms with Crippen LogP contribution in [0.25, 0.3) is 11.1 Å². The molecule has 2 aromatic rings. The van der Waals surface area contributed by atoms with Crippen LogP contribution in [0.5, 0.6) is 0 Å². The highest BCUT2D eigenvalue weighted by molar-refractivity contribution is 5.94. The fourth-order valence-electron chi connectivity index (χ4n) is 3.72. The Hall–Kier alpha value is -3.08. The Balaban J connectivity index is 0.000000540. The molecular weight excluding hydrogens is 478 g/mol. The molecule has 35 heavy (non-hydrogen) atoms. The van der Waals surface area contributed by atoms with Crippen LogP contribution in [0.4, 0.5) is 26.3 Å². The number of nitrogens with one attached hydrogen (secondary N) is 1. The number of alkyl halides is 3. The molecule has 1 aliphatic carbocycles. The van der Waals surface area contributed by atoms with E-state index in [-0.39, 0.29) is 34.8 Å². The van der Waals surface area contributed by atoms with Gasteiger partial charge >= 0.3 is 12.1 Å². The lowest BCUT2D eigenvalue weighted by atomic mass is 9.75. The molecule has 1 saturated carbocycles. The molecular formula is C24H26F6N2O3. The van der Waals surface area contributed by atoms with Crippen LogP contribution in [-0.2, 0) is 11.3 Å². The number of hydrogen-bond donors (Lipinski definition) is 3. The zero-order valence-electron chi connectivity index (χ0n) is 19.1. The summed E-state index contributed by atoms with van der Waals surface area (Å²) in [6, 6.07) is 6.95. The summed E-state index contributed by atoms with van der Waals surface area (Å²) in [5.74, 6) is -6.82. The maximum absolute atomic E-state index is 14.6. The van der Waals surface area contributed by atoms with Crippen molar-refractivity contribution in [3.05, 3.63) is 58.9 Å². The SMILES string of the molecule is CC1(C)CCC(NCc2ccc(-c3cccc(C(N)=O)c3F)c(F)c2F)CC1.O=C(O)C(F)(F)F. The number of benzene rings is 2. The Morgan fingerprint density at radius 1 is 1.00 bits per heavy atom. The molecule has 5 nitrogen and oxygen atoms in total. The molecule has 1 aliphatic rings. The molecule has 2 aromatic carbocycles. The minimum Gasteiger partial charge on any atom is -0.475 e. The van der Waals surface area contributed by atoms with Crippen LogP contribution in [0.2, 0.25) is 0 Å². The molecule has 0 heterocycles. The first-order valence-electron chi connectivity index (χ1n) is 10.7. The van der Waals surface area contributed by atoms with E-state index in [0.29, 0.717) is 5.41 Å². The lowest BCUT2D eigenvalue weighted by Crippen LogP contribution is -2.35. The fourth-order valence-corrected chi connectivity index (χ4v) is 3.72. The molecule has 0 radical (unpaired) electrons. The van der Waals surface area contributed by atoms with Crippen molar-refractivity contribution in [1.82, 2.24) is 5.32 Å². The predicted octanol–water partition coefficient (Wildman–Crippen LogP) is 5.56. The lowest BCUT2D eigenvalue weighted by Gasteiger charge is -2.34. The largest absolute Gasteiger partial charge is 0.490 e. The van der Waals surface area contributed by atoms with Crippen LogP contribution in [0.15, 0.2) is 30.3 Å². The third-order valence-corrected chi connectivity index (χ3v) is 5.88. The van der Waals surface area contributed by atoms with Crippen molar-refractivity contribution in [1.29, 1.82) is 0 Å². The molecule has 11 heteroatoms. The summed E-state index contributed by atoms with van der Waals surface area (Å²) in [5.41, 5.74) is 4.87. The number of amides is 1. The zero-order chi connectivity index (χ0) is 26.6. The third-order valence-electron chi connectivity index (χ3n) is 5.88. The molecule has 0 saturated heterocycles. The molecule has 0 bridgehead atoms. The van der Waals surface area contributed by atoms with E-state index < -0.39 is 35.5 Å². The fraction of sp³-hybridized carbons (Fsp3) is 0.417. The summed E-state index contributed by atoms with van der Waals surface area (Å²) in [6.45, 7) is 4.69. The number of primary amides is 1. The molecule has 0 unspecified atom stereocenters. The second kappa shape index (κ2) is 11.1. The minimum atomic E-state index is -5.08. The average Bonchev–Trinajstić information content (AvgIpc) is 2.76. The van der Waals surface area contributed by atoms with Gasteiger partial charge in [0.25, 0.3) is 5.91 Å². The van der Waals surface area contributed by atoms with Gasteiger partial charge in [-0.15, -0.1) is 0 Å². The molecule has 4 N–H and O–H groups in total. The number of halogens is 6. The van der Waals surface area contributed by atoms with Crippen molar-refractivity contribution in [2.24, 2.45) is 11.1 Å². The van der Waals surface area contributed by atoms with Gasteiger partial charge in [-0.05, 0) is 37.2 Å². The standard InChI is InChI=1S/C22H25F3N2O.C2HF3O2/c1-22(2)10-8-14(9-11-22)27-12-13-6-7-16(20(25)18(13)23)15-4-3-5-17(19(15)24)21(26)28;3-2(4,5)1(6)7/h3-7,14,27H,8-12H2,1-2H3,(H2,26,28);(H,6,7). The predicted molar refractivity (Wildman–Crippen MR) is 117 cm³/mol. The third kappa shape index (κ3) is 7.45. The van der Waals surface area contributed by atoms with Gasteiger partial charge in [0.05, 0.1) is 5.56 Å². The van der Waals surface area contributed by atoms with Gasteiger partial charge in [0, 0.05) is 29.3 Å². The Kier molecular flexibility index (Phi) is 8.94. The van der Waals surface area contributed by atoms with Crippen LogP contribution >= 0.6 is 0 Å². The van der Waals surface area contributed by atoms with Gasteiger partial charge in [-0.2, -0.15) is 13.2 Å². The van der Waals surface area contributed by atoms with Crippen LogP contribution in [-0.4, -0.2) is 29.2 Å². The second-order valence-electron chi connectivity index (χ2n) is 9.05. The Labute approximate surface area is 198 Å². The Morgan fingerprint density at radius 3 is 2.06 bits per heavy atom. The monoisotopic (exact) mass is 504 g/mol. The maximum atomic E-state index is 14.6. The van der Waals surface area contributed by atoms with E-state index in [0.717, 1.165) is 25.7 Å². The summed E-state index contributed by atoms with van der Waals surface area (Å²) in [7, 11) is 0. The van der Waals surface area contributed by atoms with E-state index in [9.17, 15) is 31.1 Å². The van der Waals surface area contributed by atoms with Crippen LogP contribution < -0.4 is 11.1 Å². The second-order valence-corrected chi connectivity index (χ2v) is 9.05. The number of carbonyl (C=O) groups is 2. The van der Waals surface area contributed by atoms with E-state index in [2.05, 4.69) is 19.2 Å². The van der Waals surface area contributed by atoms with Crippen molar-refractivity contribution in [2.75, 3.05) is 0 Å². The molecule has 192 valence electrons. The lowest BCUT2D eigenvalue weighted by molar-refractivity contribution is -0.192. The number of carbonyl (C=O) groups excluding carboxylic acids is 1. The highest BCUT2D eigenvalue weighted by atomic mass is 19.4. The summed E-state index contributed by atoms with van der Waals surface area (Å²) < 4.78 is 75.4.